The summed E-state index contributed by atoms with van der Waals surface area (Å²) in [6.07, 6.45) is 0. The Morgan fingerprint density at radius 3 is 2.66 bits per heavy atom. The van der Waals surface area contributed by atoms with Gasteiger partial charge in [0.2, 0.25) is 5.95 Å². The number of H-pyrrole nitrogens is 1. The number of benzene rings is 3. The number of ether oxygens (including phenoxy) is 1. The number of anilines is 1. The van der Waals surface area contributed by atoms with E-state index in [1.165, 1.54) is 23.1 Å². The lowest BCUT2D eigenvalue weighted by molar-refractivity contribution is -0.132. The minimum absolute atomic E-state index is 0.0915. The number of aliphatic hydroxyl groups is 1. The predicted octanol–water partition coefficient (Wildman–Crippen LogP) is 4.95. The first-order valence-electron chi connectivity index (χ1n) is 10.9. The number of aromatic hydroxyl groups is 1. The Kier molecular flexibility index (Phi) is 5.66. The molecule has 1 aromatic heterocycles. The molecule has 3 N–H and O–H groups in total. The first kappa shape index (κ1) is 22.5. The zero-order chi connectivity index (χ0) is 24.7. The predicted molar refractivity (Wildman–Crippen MR) is 132 cm³/mol. The van der Waals surface area contributed by atoms with E-state index in [9.17, 15) is 19.8 Å². The molecule has 35 heavy (non-hydrogen) atoms. The van der Waals surface area contributed by atoms with Crippen molar-refractivity contribution in [3.63, 3.8) is 0 Å². The highest BCUT2D eigenvalue weighted by molar-refractivity contribution is 6.51. The second kappa shape index (κ2) is 8.81. The molecule has 1 atom stereocenters. The smallest absolute Gasteiger partial charge is 0.302 e. The summed E-state index contributed by atoms with van der Waals surface area (Å²) in [6, 6.07) is 17.1. The monoisotopic (exact) mass is 489 g/mol. The lowest BCUT2D eigenvalue weighted by atomic mass is 9.95. The number of phenols is 1. The summed E-state index contributed by atoms with van der Waals surface area (Å²) < 4.78 is 5.52. The molecule has 5 rings (SSSR count). The zero-order valence-electron chi connectivity index (χ0n) is 18.5. The number of nitrogens with one attached hydrogen (secondary N) is 1. The summed E-state index contributed by atoms with van der Waals surface area (Å²) in [6.45, 7) is 2.06. The molecule has 0 radical (unpaired) electrons. The van der Waals surface area contributed by atoms with Crippen molar-refractivity contribution in [2.45, 2.75) is 13.0 Å². The molecule has 8 nitrogen and oxygen atoms in total. The minimum atomic E-state index is -1.05. The third-order valence-corrected chi connectivity index (χ3v) is 5.98. The molecule has 1 aliphatic heterocycles. The number of aliphatic hydroxyl groups excluding tert-OH is 1. The van der Waals surface area contributed by atoms with E-state index in [1.807, 2.05) is 12.1 Å². The molecular weight excluding hydrogens is 470 g/mol. The van der Waals surface area contributed by atoms with Gasteiger partial charge in [0, 0.05) is 10.6 Å². The number of fused-ring (bicyclic) bond motifs is 1. The molecule has 0 aliphatic carbocycles. The Morgan fingerprint density at radius 2 is 1.91 bits per heavy atom. The maximum Gasteiger partial charge on any atom is 0.302 e. The van der Waals surface area contributed by atoms with Crippen molar-refractivity contribution >= 4 is 46.0 Å². The number of para-hydroxylation sites is 2. The van der Waals surface area contributed by atoms with Crippen molar-refractivity contribution in [2.75, 3.05) is 11.5 Å². The molecule has 0 saturated carbocycles. The van der Waals surface area contributed by atoms with Crippen LogP contribution in [0.25, 0.3) is 16.8 Å². The third kappa shape index (κ3) is 3.87. The molecule has 1 fully saturated rings. The number of ketones is 1. The average Bonchev–Trinajstić information content (AvgIpc) is 3.39. The van der Waals surface area contributed by atoms with Gasteiger partial charge in [-0.3, -0.25) is 14.5 Å². The number of aromatic amines is 1. The Balaban J connectivity index is 1.75. The van der Waals surface area contributed by atoms with Gasteiger partial charge in [0.15, 0.2) is 11.5 Å². The van der Waals surface area contributed by atoms with Gasteiger partial charge in [-0.2, -0.15) is 0 Å². The van der Waals surface area contributed by atoms with Gasteiger partial charge in [-0.05, 0) is 48.9 Å². The van der Waals surface area contributed by atoms with Crippen molar-refractivity contribution < 1.29 is 24.5 Å². The molecule has 0 spiro atoms. The number of phenolic OH excluding ortho intramolecular Hbond substituents is 1. The number of nitrogens with zero attached hydrogens (tertiary/aromatic N) is 2. The molecule has 1 unspecified atom stereocenters. The van der Waals surface area contributed by atoms with Gasteiger partial charge >= 0.3 is 5.91 Å². The fourth-order valence-corrected chi connectivity index (χ4v) is 4.37. The zero-order valence-corrected chi connectivity index (χ0v) is 19.3. The second-order valence-corrected chi connectivity index (χ2v) is 8.35. The lowest BCUT2D eigenvalue weighted by Crippen LogP contribution is -2.30. The summed E-state index contributed by atoms with van der Waals surface area (Å²) in [5, 5.41) is 21.8. The molecular formula is C26H20ClN3O5. The van der Waals surface area contributed by atoms with Crippen molar-refractivity contribution in [3.8, 4) is 11.5 Å². The number of hydrogen-bond donors (Lipinski definition) is 3. The molecule has 1 aliphatic rings. The first-order valence-corrected chi connectivity index (χ1v) is 11.2. The summed E-state index contributed by atoms with van der Waals surface area (Å²) in [5.41, 5.74) is 1.88. The van der Waals surface area contributed by atoms with Gasteiger partial charge in [0.05, 0.1) is 29.3 Å². The maximum atomic E-state index is 13.3. The Hall–Kier alpha value is -4.30. The number of hydrogen-bond acceptors (Lipinski definition) is 6. The van der Waals surface area contributed by atoms with E-state index in [2.05, 4.69) is 9.97 Å². The molecule has 4 aromatic rings. The largest absolute Gasteiger partial charge is 0.507 e. The fourth-order valence-electron chi connectivity index (χ4n) is 4.18. The van der Waals surface area contributed by atoms with Gasteiger partial charge in [-0.25, -0.2) is 4.98 Å². The van der Waals surface area contributed by atoms with Crippen LogP contribution in [-0.2, 0) is 9.59 Å². The van der Waals surface area contributed by atoms with E-state index in [-0.39, 0.29) is 34.3 Å². The topological polar surface area (TPSA) is 116 Å². The van der Waals surface area contributed by atoms with Crippen LogP contribution in [0.15, 0.2) is 72.3 Å². The van der Waals surface area contributed by atoms with E-state index >= 15 is 0 Å². The standard InChI is InChI=1S/C26H20ClN3O5/c1-2-35-20-13-14(10-11-19(20)31)22-21(23(32)15-6-5-7-16(27)12-15)24(33)25(34)30(22)26-28-17-8-3-4-9-18(17)29-26/h3-13,22,31-32H,2H2,1H3,(H,28,29)/b23-21+. The molecule has 1 amide bonds. The number of carbonyl (C=O) groups excluding carboxylic acids is 2. The molecule has 0 bridgehead atoms. The Labute approximate surface area is 205 Å². The van der Waals surface area contributed by atoms with Gasteiger partial charge in [0.1, 0.15) is 5.76 Å². The molecule has 176 valence electrons. The van der Waals surface area contributed by atoms with E-state index in [1.54, 1.807) is 43.3 Å². The average molecular weight is 490 g/mol. The van der Waals surface area contributed by atoms with Crippen molar-refractivity contribution in [1.29, 1.82) is 0 Å². The SMILES string of the molecule is CCOc1cc(C2/C(=C(\O)c3cccc(Cl)c3)C(=O)C(=O)N2c2nc3ccccc3[nH]2)ccc1O. The Morgan fingerprint density at radius 1 is 1.11 bits per heavy atom. The number of amides is 1. The van der Waals surface area contributed by atoms with Gasteiger partial charge in [-0.1, -0.05) is 41.9 Å². The summed E-state index contributed by atoms with van der Waals surface area (Å²) in [4.78, 5) is 35.4. The van der Waals surface area contributed by atoms with Crippen LogP contribution in [0.5, 0.6) is 11.5 Å². The van der Waals surface area contributed by atoms with Crippen molar-refractivity contribution in [2.24, 2.45) is 0 Å². The van der Waals surface area contributed by atoms with Crippen LogP contribution in [0.2, 0.25) is 5.02 Å². The van der Waals surface area contributed by atoms with Crippen LogP contribution in [0.3, 0.4) is 0 Å². The van der Waals surface area contributed by atoms with Gasteiger partial charge in [-0.15, -0.1) is 0 Å². The molecule has 9 heteroatoms. The quantitative estimate of drug-likeness (QED) is 0.207. The highest BCUT2D eigenvalue weighted by Gasteiger charge is 2.48. The number of Topliss-reactive ketones (excluding diaryl/α,β-unsaturated/α-hetero) is 1. The van der Waals surface area contributed by atoms with Gasteiger partial charge in [0.25, 0.3) is 5.78 Å². The van der Waals surface area contributed by atoms with Crippen LogP contribution in [0, 0.1) is 0 Å². The first-order chi connectivity index (χ1) is 16.9. The second-order valence-electron chi connectivity index (χ2n) is 7.92. The highest BCUT2D eigenvalue weighted by Crippen LogP contribution is 2.43. The van der Waals surface area contributed by atoms with Crippen molar-refractivity contribution in [3.05, 3.63) is 88.5 Å². The summed E-state index contributed by atoms with van der Waals surface area (Å²) in [7, 11) is 0. The normalized spacial score (nSPS) is 17.3. The number of aromatic nitrogens is 2. The van der Waals surface area contributed by atoms with Crippen LogP contribution in [-0.4, -0.2) is 38.5 Å². The van der Waals surface area contributed by atoms with E-state index in [0.717, 1.165) is 0 Å². The van der Waals surface area contributed by atoms with Crippen LogP contribution in [0.1, 0.15) is 24.1 Å². The van der Waals surface area contributed by atoms with Crippen LogP contribution in [0.4, 0.5) is 5.95 Å². The summed E-state index contributed by atoms with van der Waals surface area (Å²) >= 11 is 6.10. The van der Waals surface area contributed by atoms with E-state index < -0.39 is 17.7 Å². The van der Waals surface area contributed by atoms with Crippen molar-refractivity contribution in [1.82, 2.24) is 9.97 Å². The third-order valence-electron chi connectivity index (χ3n) is 5.75. The highest BCUT2D eigenvalue weighted by atomic mass is 35.5. The molecule has 3 aromatic carbocycles. The van der Waals surface area contributed by atoms with Gasteiger partial charge < -0.3 is 19.9 Å². The Bertz CT molecular complexity index is 1480. The van der Waals surface area contributed by atoms with E-state index in [4.69, 9.17) is 16.3 Å². The number of imidazole rings is 1. The van der Waals surface area contributed by atoms with Crippen LogP contribution < -0.4 is 9.64 Å². The molecule has 1 saturated heterocycles. The maximum absolute atomic E-state index is 13.3. The minimum Gasteiger partial charge on any atom is -0.507 e. The van der Waals surface area contributed by atoms with E-state index in [0.29, 0.717) is 28.2 Å². The number of carbonyl (C=O) groups is 2. The molecule has 2 heterocycles. The fraction of sp³-hybridized carbons (Fsp3) is 0.115. The number of rotatable bonds is 5. The number of halogens is 1. The lowest BCUT2D eigenvalue weighted by Gasteiger charge is -2.23. The van der Waals surface area contributed by atoms with Crippen LogP contribution >= 0.6 is 11.6 Å². The summed E-state index contributed by atoms with van der Waals surface area (Å²) in [5.74, 6) is -1.87.